The number of esters is 1. The first-order valence-electron chi connectivity index (χ1n) is 15.8. The van der Waals surface area contributed by atoms with Crippen LogP contribution in [0, 0.1) is 23.7 Å². The first kappa shape index (κ1) is 37.5. The Bertz CT molecular complexity index is 1140. The number of aliphatic carboxylic acids is 1. The normalized spacial score (nSPS) is 29.7. The highest BCUT2D eigenvalue weighted by molar-refractivity contribution is 5.96. The molecule has 254 valence electrons. The molecule has 0 aromatic rings. The average Bonchev–Trinajstić information content (AvgIpc) is 3.37. The molecule has 2 heterocycles. The number of fused-ring (bicyclic) bond motifs is 1. The van der Waals surface area contributed by atoms with Crippen LogP contribution in [-0.2, 0) is 38.3 Å². The topological polar surface area (TPSA) is 183 Å². The number of rotatable bonds is 6. The van der Waals surface area contributed by atoms with E-state index in [1.54, 1.807) is 27.7 Å². The van der Waals surface area contributed by atoms with E-state index in [0.29, 0.717) is 12.8 Å². The van der Waals surface area contributed by atoms with E-state index in [-0.39, 0.29) is 43.7 Å². The third-order valence-corrected chi connectivity index (χ3v) is 9.15. The third-order valence-electron chi connectivity index (χ3n) is 9.15. The number of likely N-dealkylation sites (N-methyl/N-ethyl adjacent to an activating group) is 2. The van der Waals surface area contributed by atoms with Crippen molar-refractivity contribution in [1.29, 1.82) is 0 Å². The Morgan fingerprint density at radius 2 is 1.58 bits per heavy atom. The summed E-state index contributed by atoms with van der Waals surface area (Å²) in [7, 11) is 2.96. The Hall–Kier alpha value is -3.71. The summed E-state index contributed by atoms with van der Waals surface area (Å²) in [6.45, 7) is 12.0. The minimum Gasteiger partial charge on any atom is -0.481 e. The van der Waals surface area contributed by atoms with Crippen molar-refractivity contribution in [2.45, 2.75) is 104 Å². The van der Waals surface area contributed by atoms with Crippen molar-refractivity contribution in [3.8, 4) is 0 Å². The van der Waals surface area contributed by atoms with E-state index >= 15 is 0 Å². The van der Waals surface area contributed by atoms with Crippen molar-refractivity contribution in [2.75, 3.05) is 27.2 Å². The van der Waals surface area contributed by atoms with E-state index in [0.717, 1.165) is 0 Å². The number of amides is 5. The fraction of sp³-hybridized carbons (Fsp3) is 0.774. The number of hydrogen-bond acceptors (Lipinski definition) is 8. The van der Waals surface area contributed by atoms with Crippen LogP contribution in [0.25, 0.3) is 0 Å². The standard InChI is InChI=1S/C31H51N5O9/c1-10-17(4)23-29(41)35(9)24(16(2)3)30(42)34(8)20(7)26(38)32-13-11-22(37)45-21(15-19(6)31(43)44)28(40)36-14-12-18(5)25(36)27(39)33-23/h16-21,23-25H,10-15H2,1-9H3,(H,32,38)(H,33,39)(H,43,44). The van der Waals surface area contributed by atoms with Gasteiger partial charge in [0.05, 0.1) is 12.3 Å². The fourth-order valence-electron chi connectivity index (χ4n) is 5.80. The average molecular weight is 638 g/mol. The van der Waals surface area contributed by atoms with Gasteiger partial charge < -0.3 is 35.2 Å². The molecule has 8 unspecified atom stereocenters. The van der Waals surface area contributed by atoms with Gasteiger partial charge in [-0.2, -0.15) is 0 Å². The van der Waals surface area contributed by atoms with E-state index in [2.05, 4.69) is 10.6 Å². The smallest absolute Gasteiger partial charge is 0.308 e. The summed E-state index contributed by atoms with van der Waals surface area (Å²) in [6, 6.07) is -3.93. The van der Waals surface area contributed by atoms with Crippen LogP contribution in [0.5, 0.6) is 0 Å². The van der Waals surface area contributed by atoms with Gasteiger partial charge in [0.1, 0.15) is 24.2 Å². The van der Waals surface area contributed by atoms with Crippen LogP contribution in [-0.4, -0.2) is 119 Å². The van der Waals surface area contributed by atoms with Crippen molar-refractivity contribution < 1.29 is 43.4 Å². The van der Waals surface area contributed by atoms with E-state index < -0.39 is 77.7 Å². The lowest BCUT2D eigenvalue weighted by Gasteiger charge is -2.38. The largest absolute Gasteiger partial charge is 0.481 e. The maximum Gasteiger partial charge on any atom is 0.308 e. The number of carboxylic acid groups (broad SMARTS) is 1. The summed E-state index contributed by atoms with van der Waals surface area (Å²) < 4.78 is 5.47. The van der Waals surface area contributed by atoms with Crippen LogP contribution in [0.3, 0.4) is 0 Å². The highest BCUT2D eigenvalue weighted by atomic mass is 16.5. The lowest BCUT2D eigenvalue weighted by Crippen LogP contribution is -2.61. The number of hydrogen-bond donors (Lipinski definition) is 3. The van der Waals surface area contributed by atoms with Crippen LogP contribution < -0.4 is 10.6 Å². The second-order valence-electron chi connectivity index (χ2n) is 12.9. The first-order chi connectivity index (χ1) is 20.9. The number of carboxylic acids is 1. The maximum atomic E-state index is 14.0. The molecule has 8 atom stereocenters. The van der Waals surface area contributed by atoms with Gasteiger partial charge in [-0.3, -0.25) is 33.6 Å². The molecular formula is C31H51N5O9. The Labute approximate surface area is 265 Å². The molecule has 2 aliphatic heterocycles. The molecule has 2 fully saturated rings. The first-order valence-corrected chi connectivity index (χ1v) is 15.8. The predicted molar refractivity (Wildman–Crippen MR) is 163 cm³/mol. The van der Waals surface area contributed by atoms with Crippen molar-refractivity contribution in [2.24, 2.45) is 23.7 Å². The third kappa shape index (κ3) is 8.94. The Balaban J connectivity index is 2.60. The van der Waals surface area contributed by atoms with Crippen LogP contribution in [0.15, 0.2) is 0 Å². The van der Waals surface area contributed by atoms with Gasteiger partial charge in [0.15, 0.2) is 6.10 Å². The number of ether oxygens (including phenoxy) is 1. The summed E-state index contributed by atoms with van der Waals surface area (Å²) in [5, 5.41) is 15.0. The quantitative estimate of drug-likeness (QED) is 0.352. The molecule has 0 aromatic carbocycles. The fourth-order valence-corrected chi connectivity index (χ4v) is 5.80. The van der Waals surface area contributed by atoms with Gasteiger partial charge in [-0.05, 0) is 31.1 Å². The zero-order valence-corrected chi connectivity index (χ0v) is 28.0. The second-order valence-corrected chi connectivity index (χ2v) is 12.9. The molecule has 2 rings (SSSR count). The maximum absolute atomic E-state index is 14.0. The number of carbonyl (C=O) groups excluding carboxylic acids is 6. The minimum absolute atomic E-state index is 0.159. The molecule has 14 nitrogen and oxygen atoms in total. The van der Waals surface area contributed by atoms with E-state index in [9.17, 15) is 38.7 Å². The molecule has 2 saturated heterocycles. The Morgan fingerprint density at radius 1 is 0.956 bits per heavy atom. The zero-order valence-electron chi connectivity index (χ0n) is 28.0. The summed E-state index contributed by atoms with van der Waals surface area (Å²) in [6.07, 6.45) is -1.12. The molecule has 2 aliphatic rings. The lowest BCUT2D eigenvalue weighted by molar-refractivity contribution is -0.164. The number of carbonyl (C=O) groups is 7. The highest BCUT2D eigenvalue weighted by Gasteiger charge is 2.45. The summed E-state index contributed by atoms with van der Waals surface area (Å²) in [5.41, 5.74) is 0. The van der Waals surface area contributed by atoms with Crippen LogP contribution >= 0.6 is 0 Å². The summed E-state index contributed by atoms with van der Waals surface area (Å²) >= 11 is 0. The molecule has 14 heteroatoms. The molecule has 0 saturated carbocycles. The molecule has 3 N–H and O–H groups in total. The number of nitrogens with zero attached hydrogens (tertiary/aromatic N) is 3. The van der Waals surface area contributed by atoms with Crippen LogP contribution in [0.1, 0.15) is 74.1 Å². The summed E-state index contributed by atoms with van der Waals surface area (Å²) in [5.74, 6) is -6.80. The molecule has 45 heavy (non-hydrogen) atoms. The van der Waals surface area contributed by atoms with Gasteiger partial charge in [-0.1, -0.05) is 48.0 Å². The van der Waals surface area contributed by atoms with Crippen molar-refractivity contribution in [3.63, 3.8) is 0 Å². The van der Waals surface area contributed by atoms with E-state index in [4.69, 9.17) is 4.74 Å². The molecule has 0 spiro atoms. The SMILES string of the molecule is CCC(C)C1NC(=O)C2C(C)CCN2C(=O)C(CC(C)C(=O)O)OC(=O)CCNC(=O)C(C)N(C)C(=O)C(C(C)C)N(C)C1=O. The lowest BCUT2D eigenvalue weighted by atomic mass is 9.93. The van der Waals surface area contributed by atoms with Gasteiger partial charge in [0, 0.05) is 33.6 Å². The zero-order chi connectivity index (χ0) is 34.3. The van der Waals surface area contributed by atoms with Crippen molar-refractivity contribution in [3.05, 3.63) is 0 Å². The number of nitrogens with one attached hydrogen (secondary N) is 2. The monoisotopic (exact) mass is 637 g/mol. The molecule has 0 radical (unpaired) electrons. The van der Waals surface area contributed by atoms with Crippen LogP contribution in [0.2, 0.25) is 0 Å². The van der Waals surface area contributed by atoms with Gasteiger partial charge in [0.2, 0.25) is 23.6 Å². The Kier molecular flexibility index (Phi) is 13.3. The predicted octanol–water partition coefficient (Wildman–Crippen LogP) is 0.627. The van der Waals surface area contributed by atoms with Gasteiger partial charge >= 0.3 is 11.9 Å². The van der Waals surface area contributed by atoms with E-state index in [1.165, 1.54) is 42.6 Å². The Morgan fingerprint density at radius 3 is 2.13 bits per heavy atom. The van der Waals surface area contributed by atoms with Gasteiger partial charge in [-0.15, -0.1) is 0 Å². The summed E-state index contributed by atoms with van der Waals surface area (Å²) in [4.78, 5) is 96.7. The highest BCUT2D eigenvalue weighted by Crippen LogP contribution is 2.28. The van der Waals surface area contributed by atoms with Gasteiger partial charge in [0.25, 0.3) is 5.91 Å². The molecule has 5 amide bonds. The molecule has 0 bridgehead atoms. The van der Waals surface area contributed by atoms with Crippen LogP contribution in [0.4, 0.5) is 0 Å². The van der Waals surface area contributed by atoms with Gasteiger partial charge in [-0.25, -0.2) is 0 Å². The van der Waals surface area contributed by atoms with Crippen molar-refractivity contribution in [1.82, 2.24) is 25.3 Å². The van der Waals surface area contributed by atoms with E-state index in [1.807, 2.05) is 6.92 Å². The number of cyclic esters (lactones) is 1. The molecule has 0 aliphatic carbocycles. The molecular weight excluding hydrogens is 586 g/mol. The van der Waals surface area contributed by atoms with Crippen molar-refractivity contribution >= 4 is 41.5 Å². The molecule has 0 aromatic heterocycles. The minimum atomic E-state index is -1.48. The second kappa shape index (κ2) is 16.0.